The number of carbonyl (C=O) groups excluding carboxylic acids is 2. The summed E-state index contributed by atoms with van der Waals surface area (Å²) in [4.78, 5) is 27.5. The molecule has 0 heterocycles. The van der Waals surface area contributed by atoms with E-state index in [4.69, 9.17) is 29.8 Å². The summed E-state index contributed by atoms with van der Waals surface area (Å²) in [6.07, 6.45) is 9.53. The van der Waals surface area contributed by atoms with Gasteiger partial charge in [-0.2, -0.15) is 0 Å². The Bertz CT molecular complexity index is 1200. The molecule has 45 heavy (non-hydrogen) atoms. The summed E-state index contributed by atoms with van der Waals surface area (Å²) in [5.74, 6) is -1.46. The van der Waals surface area contributed by atoms with Gasteiger partial charge in [-0.15, -0.1) is 0 Å². The van der Waals surface area contributed by atoms with Crippen molar-refractivity contribution in [2.24, 2.45) is 9.98 Å². The van der Waals surface area contributed by atoms with E-state index >= 15 is 0 Å². The third kappa shape index (κ3) is 14.6. The van der Waals surface area contributed by atoms with Gasteiger partial charge in [0.1, 0.15) is 11.5 Å². The number of phenolic OH excluding ortho intramolecular Hbond substituents is 2. The number of aliphatic carboxylic acids is 2. The number of phenols is 2. The fraction of sp³-hybridized carbons (Fsp3) is 0.556. The largest absolute Gasteiger partial charge is 2.00 e. The van der Waals surface area contributed by atoms with Crippen molar-refractivity contribution in [3.63, 3.8) is 0 Å². The van der Waals surface area contributed by atoms with Crippen molar-refractivity contribution in [3.8, 4) is 11.5 Å². The van der Waals surface area contributed by atoms with Crippen molar-refractivity contribution in [1.82, 2.24) is 0 Å². The van der Waals surface area contributed by atoms with Gasteiger partial charge in [-0.1, -0.05) is 67.5 Å². The van der Waals surface area contributed by atoms with Gasteiger partial charge in [0, 0.05) is 46.6 Å². The maximum atomic E-state index is 10.9. The van der Waals surface area contributed by atoms with Crippen molar-refractivity contribution < 1.29 is 46.8 Å². The molecule has 2 aromatic rings. The van der Waals surface area contributed by atoms with Crippen LogP contribution >= 0.6 is 0 Å². The molecule has 1 fully saturated rings. The van der Waals surface area contributed by atoms with Crippen molar-refractivity contribution >= 4 is 24.4 Å². The smallest absolute Gasteiger partial charge is 0.550 e. The summed E-state index contributed by atoms with van der Waals surface area (Å²) in [6, 6.07) is 8.87. The van der Waals surface area contributed by atoms with Crippen molar-refractivity contribution in [1.29, 1.82) is 0 Å². The first kappa shape index (κ1) is 41.8. The summed E-state index contributed by atoms with van der Waals surface area (Å²) in [5, 5.41) is 39.6. The minimum absolute atomic E-state index is 0. The van der Waals surface area contributed by atoms with Crippen LogP contribution in [-0.4, -0.2) is 46.7 Å². The van der Waals surface area contributed by atoms with E-state index < -0.39 is 11.9 Å². The molecule has 0 saturated heterocycles. The molecule has 1 aliphatic rings. The molecular weight excluding hydrogens is 615 g/mol. The first-order valence-corrected chi connectivity index (χ1v) is 15.4. The summed E-state index contributed by atoms with van der Waals surface area (Å²) < 4.78 is 0. The number of benzene rings is 2. The summed E-state index contributed by atoms with van der Waals surface area (Å²) in [7, 11) is 0. The predicted octanol–water partition coefficient (Wildman–Crippen LogP) is 5.18. The third-order valence-corrected chi connectivity index (χ3v) is 7.35. The van der Waals surface area contributed by atoms with Gasteiger partial charge >= 0.3 is 16.8 Å². The monoisotopic (exact) mass is 667 g/mol. The summed E-state index contributed by atoms with van der Waals surface area (Å²) in [5.41, 5.74) is 5.81. The minimum atomic E-state index is -1.08. The van der Waals surface area contributed by atoms with Crippen molar-refractivity contribution in [2.75, 3.05) is 0 Å². The molecule has 1 aliphatic carbocycles. The van der Waals surface area contributed by atoms with E-state index in [1.54, 1.807) is 0 Å². The molecule has 0 aromatic heterocycles. The van der Waals surface area contributed by atoms with Crippen LogP contribution in [0.4, 0.5) is 0 Å². The number of hydrogen-bond donors (Lipinski definition) is 2. The SMILES string of the molecule is CC(=O)[O-].CC(=O)[O-].CCc1cc(C=NC2CCC(N=Cc3cc(CC)cc(C(C)(C)C)c3O)CC2)c(O)c(C(C)(C)C)c1.[Co+2]. The molecule has 1 radical (unpaired) electrons. The van der Waals surface area contributed by atoms with Crippen LogP contribution in [0.5, 0.6) is 11.5 Å². The zero-order valence-corrected chi connectivity index (χ0v) is 29.7. The number of aliphatic imine (C=N–C) groups is 2. The van der Waals surface area contributed by atoms with Gasteiger partial charge in [0.05, 0.1) is 12.1 Å². The Hall–Kier alpha value is -3.17. The van der Waals surface area contributed by atoms with Gasteiger partial charge < -0.3 is 30.0 Å². The number of carboxylic acid groups (broad SMARTS) is 2. The second-order valence-electron chi connectivity index (χ2n) is 13.4. The normalized spacial score (nSPS) is 16.7. The summed E-state index contributed by atoms with van der Waals surface area (Å²) in [6.45, 7) is 19.0. The Labute approximate surface area is 280 Å². The number of hydrogen-bond acceptors (Lipinski definition) is 8. The number of carbonyl (C=O) groups is 2. The van der Waals surface area contributed by atoms with Crippen molar-refractivity contribution in [3.05, 3.63) is 57.6 Å². The van der Waals surface area contributed by atoms with Gasteiger partial charge in [0.2, 0.25) is 0 Å². The molecule has 0 unspecified atom stereocenters. The standard InChI is InChI=1S/C32H46N2O2.2C2H4O2.Co/c1-9-21-15-23(29(35)27(17-21)31(3,4)5)19-33-25-11-13-26(14-12-25)34-20-24-16-22(10-2)18-28(30(24)36)32(6,7)8;2*1-2(3)4;/h15-20,25-26,35-36H,9-14H2,1-8H3;2*1H3,(H,3,4);/q;;;+2/p-2. The maximum absolute atomic E-state index is 10.9. The van der Waals surface area contributed by atoms with E-state index in [0.29, 0.717) is 11.5 Å². The van der Waals surface area contributed by atoms with Crippen LogP contribution in [0.15, 0.2) is 34.3 Å². The number of aromatic hydroxyl groups is 2. The van der Waals surface area contributed by atoms with Gasteiger partial charge in [0.15, 0.2) is 0 Å². The molecule has 0 amide bonds. The first-order valence-electron chi connectivity index (χ1n) is 15.4. The van der Waals surface area contributed by atoms with Gasteiger partial charge in [-0.25, -0.2) is 0 Å². The van der Waals surface area contributed by atoms with E-state index in [1.165, 1.54) is 11.1 Å². The molecule has 0 aliphatic heterocycles. The first-order chi connectivity index (χ1) is 20.3. The van der Waals surface area contributed by atoms with Crippen LogP contribution in [-0.2, 0) is 50.0 Å². The Morgan fingerprint density at radius 3 is 1.20 bits per heavy atom. The fourth-order valence-electron chi connectivity index (χ4n) is 4.91. The zero-order valence-electron chi connectivity index (χ0n) is 28.6. The van der Waals surface area contributed by atoms with Crippen LogP contribution in [0.2, 0.25) is 0 Å². The van der Waals surface area contributed by atoms with Gasteiger partial charge in [-0.05, 0) is 86.5 Å². The average Bonchev–Trinajstić information content (AvgIpc) is 2.90. The topological polar surface area (TPSA) is 145 Å². The number of aryl methyl sites for hydroxylation is 2. The molecule has 251 valence electrons. The molecule has 2 N–H and O–H groups in total. The van der Waals surface area contributed by atoms with Crippen LogP contribution in [0.1, 0.15) is 128 Å². The van der Waals surface area contributed by atoms with E-state index in [2.05, 4.69) is 79.7 Å². The molecule has 0 spiro atoms. The number of rotatable bonds is 6. The minimum Gasteiger partial charge on any atom is -0.550 e. The maximum Gasteiger partial charge on any atom is 2.00 e. The Morgan fingerprint density at radius 1 is 0.711 bits per heavy atom. The van der Waals surface area contributed by atoms with Gasteiger partial charge in [-0.3, -0.25) is 9.98 Å². The average molecular weight is 668 g/mol. The Morgan fingerprint density at radius 2 is 0.978 bits per heavy atom. The molecule has 1 saturated carbocycles. The third-order valence-electron chi connectivity index (χ3n) is 7.35. The van der Waals surface area contributed by atoms with Crippen LogP contribution in [0.3, 0.4) is 0 Å². The number of carboxylic acids is 2. The quantitative estimate of drug-likeness (QED) is 0.407. The molecule has 3 rings (SSSR count). The molecule has 0 atom stereocenters. The van der Waals surface area contributed by atoms with E-state index in [0.717, 1.165) is 74.6 Å². The van der Waals surface area contributed by atoms with E-state index in [-0.39, 0.29) is 39.7 Å². The van der Waals surface area contributed by atoms with Crippen LogP contribution in [0, 0.1) is 0 Å². The Kier molecular flexibility index (Phi) is 17.4. The van der Waals surface area contributed by atoms with Crippen molar-refractivity contribution in [2.45, 2.75) is 131 Å². The second-order valence-corrected chi connectivity index (χ2v) is 13.4. The summed E-state index contributed by atoms with van der Waals surface area (Å²) >= 11 is 0. The molecule has 2 aromatic carbocycles. The van der Waals surface area contributed by atoms with Crippen LogP contribution < -0.4 is 10.2 Å². The Balaban J connectivity index is 0.00000192. The predicted molar refractivity (Wildman–Crippen MR) is 175 cm³/mol. The van der Waals surface area contributed by atoms with Crippen LogP contribution in [0.25, 0.3) is 0 Å². The fourth-order valence-corrected chi connectivity index (χ4v) is 4.91. The van der Waals surface area contributed by atoms with E-state index in [1.807, 2.05) is 12.4 Å². The zero-order chi connectivity index (χ0) is 33.8. The number of nitrogens with zero attached hydrogens (tertiary/aromatic N) is 2. The molecule has 9 heteroatoms. The second kappa shape index (κ2) is 18.7. The molecular formula is C36H52CoN2O6. The van der Waals surface area contributed by atoms with Gasteiger partial charge in [0.25, 0.3) is 0 Å². The molecule has 0 bridgehead atoms. The molecule has 8 nitrogen and oxygen atoms in total. The van der Waals surface area contributed by atoms with E-state index in [9.17, 15) is 10.2 Å².